The molecule has 0 fully saturated rings. The molecule has 0 saturated carbocycles. The van der Waals surface area contributed by atoms with Crippen LogP contribution >= 0.6 is 23.4 Å². The van der Waals surface area contributed by atoms with E-state index in [0.29, 0.717) is 29.0 Å². The molecule has 3 aromatic rings. The molecule has 2 heterocycles. The molecule has 0 atom stereocenters. The maximum Gasteiger partial charge on any atom is 0.256 e. The first-order valence-electron chi connectivity index (χ1n) is 9.03. The van der Waals surface area contributed by atoms with Crippen molar-refractivity contribution in [1.82, 2.24) is 14.9 Å². The van der Waals surface area contributed by atoms with Crippen LogP contribution in [0.2, 0.25) is 5.02 Å². The summed E-state index contributed by atoms with van der Waals surface area (Å²) in [5.41, 5.74) is 3.54. The van der Waals surface area contributed by atoms with Crippen molar-refractivity contribution in [2.45, 2.75) is 30.4 Å². The molecular formula is C21H19ClFN3OS. The Morgan fingerprint density at radius 3 is 2.75 bits per heavy atom. The quantitative estimate of drug-likeness (QED) is 0.495. The summed E-state index contributed by atoms with van der Waals surface area (Å²) >= 11 is 7.68. The van der Waals surface area contributed by atoms with Gasteiger partial charge in [-0.15, -0.1) is 0 Å². The molecular weight excluding hydrogens is 397 g/mol. The van der Waals surface area contributed by atoms with Crippen molar-refractivity contribution in [1.29, 1.82) is 0 Å². The van der Waals surface area contributed by atoms with Crippen LogP contribution in [0.5, 0.6) is 0 Å². The van der Waals surface area contributed by atoms with Gasteiger partial charge < -0.3 is 4.98 Å². The average molecular weight is 416 g/mol. The predicted molar refractivity (Wildman–Crippen MR) is 110 cm³/mol. The van der Waals surface area contributed by atoms with Crippen molar-refractivity contribution in [2.24, 2.45) is 0 Å². The maximum atomic E-state index is 13.1. The lowest BCUT2D eigenvalue weighted by Crippen LogP contribution is -2.35. The summed E-state index contributed by atoms with van der Waals surface area (Å²) in [5.74, 6) is 0.410. The molecule has 7 heteroatoms. The summed E-state index contributed by atoms with van der Waals surface area (Å²) in [5, 5.41) is 1.34. The molecule has 1 aromatic heterocycles. The molecule has 0 saturated heterocycles. The Morgan fingerprint density at radius 1 is 1.18 bits per heavy atom. The van der Waals surface area contributed by atoms with E-state index in [1.165, 1.54) is 23.9 Å². The van der Waals surface area contributed by atoms with Gasteiger partial charge in [0.1, 0.15) is 5.82 Å². The standard InChI is InChI=1S/C21H19ClFN3OS/c22-18-4-2-1-3-15(18)13-28-21-24-19-9-10-26(12-17(19)20(27)25-21)11-14-5-7-16(23)8-6-14/h1-8H,9-13H2,(H,24,25,27). The molecule has 0 bridgehead atoms. The summed E-state index contributed by atoms with van der Waals surface area (Å²) in [6, 6.07) is 14.2. The Morgan fingerprint density at radius 2 is 1.96 bits per heavy atom. The van der Waals surface area contributed by atoms with E-state index in [2.05, 4.69) is 14.9 Å². The number of nitrogens with one attached hydrogen (secondary N) is 1. The number of rotatable bonds is 5. The Bertz CT molecular complexity index is 1040. The summed E-state index contributed by atoms with van der Waals surface area (Å²) in [4.78, 5) is 22.3. The normalized spacial score (nSPS) is 14.1. The third-order valence-electron chi connectivity index (χ3n) is 4.77. The van der Waals surface area contributed by atoms with Gasteiger partial charge in [0, 0.05) is 36.8 Å². The number of benzene rings is 2. The van der Waals surface area contributed by atoms with Crippen molar-refractivity contribution in [3.63, 3.8) is 0 Å². The Labute approximate surface area is 171 Å². The van der Waals surface area contributed by atoms with Crippen LogP contribution < -0.4 is 5.56 Å². The first-order chi connectivity index (χ1) is 13.6. The molecule has 0 aliphatic carbocycles. The zero-order chi connectivity index (χ0) is 19.5. The monoisotopic (exact) mass is 415 g/mol. The first-order valence-corrected chi connectivity index (χ1v) is 10.4. The summed E-state index contributed by atoms with van der Waals surface area (Å²) in [6.45, 7) is 2.04. The molecule has 0 unspecified atom stereocenters. The van der Waals surface area contributed by atoms with Crippen molar-refractivity contribution < 1.29 is 4.39 Å². The largest absolute Gasteiger partial charge is 0.301 e. The third-order valence-corrected chi connectivity index (χ3v) is 6.06. The minimum absolute atomic E-state index is 0.0875. The predicted octanol–water partition coefficient (Wildman–Crippen LogP) is 4.41. The molecule has 2 aromatic carbocycles. The van der Waals surface area contributed by atoms with Crippen LogP contribution in [0.25, 0.3) is 0 Å². The number of aromatic nitrogens is 2. The van der Waals surface area contributed by atoms with Gasteiger partial charge in [0.05, 0.1) is 11.3 Å². The Kier molecular flexibility index (Phi) is 5.80. The number of halogens is 2. The van der Waals surface area contributed by atoms with E-state index in [9.17, 15) is 9.18 Å². The topological polar surface area (TPSA) is 49.0 Å². The van der Waals surface area contributed by atoms with Crippen molar-refractivity contribution in [3.05, 3.63) is 92.1 Å². The number of fused-ring (bicyclic) bond motifs is 1. The van der Waals surface area contributed by atoms with Crippen LogP contribution in [-0.2, 0) is 25.3 Å². The highest BCUT2D eigenvalue weighted by molar-refractivity contribution is 7.98. The van der Waals surface area contributed by atoms with E-state index in [4.69, 9.17) is 11.6 Å². The van der Waals surface area contributed by atoms with Gasteiger partial charge >= 0.3 is 0 Å². The number of H-pyrrole nitrogens is 1. The number of hydrogen-bond acceptors (Lipinski definition) is 4. The van der Waals surface area contributed by atoms with Gasteiger partial charge in [0.15, 0.2) is 5.16 Å². The van der Waals surface area contributed by atoms with Crippen molar-refractivity contribution >= 4 is 23.4 Å². The fourth-order valence-corrected chi connectivity index (χ4v) is 4.44. The average Bonchev–Trinajstić information content (AvgIpc) is 2.70. The van der Waals surface area contributed by atoms with Gasteiger partial charge in [-0.1, -0.05) is 53.7 Å². The summed E-state index contributed by atoms with van der Waals surface area (Å²) < 4.78 is 13.1. The minimum atomic E-state index is -0.241. The number of hydrogen-bond donors (Lipinski definition) is 1. The second-order valence-corrected chi connectivity index (χ2v) is 8.13. The highest BCUT2D eigenvalue weighted by Crippen LogP contribution is 2.25. The zero-order valence-electron chi connectivity index (χ0n) is 15.1. The van der Waals surface area contributed by atoms with E-state index in [1.807, 2.05) is 24.3 Å². The van der Waals surface area contributed by atoms with E-state index >= 15 is 0 Å². The van der Waals surface area contributed by atoms with Crippen LogP contribution in [0.15, 0.2) is 58.5 Å². The highest BCUT2D eigenvalue weighted by Gasteiger charge is 2.21. The summed E-state index contributed by atoms with van der Waals surface area (Å²) in [6.07, 6.45) is 0.722. The van der Waals surface area contributed by atoms with Gasteiger partial charge in [-0.25, -0.2) is 9.37 Å². The molecule has 28 heavy (non-hydrogen) atoms. The van der Waals surface area contributed by atoms with Crippen LogP contribution in [0, 0.1) is 5.82 Å². The SMILES string of the molecule is O=c1[nH]c(SCc2ccccc2Cl)nc2c1CN(Cc1ccc(F)cc1)CC2. The lowest BCUT2D eigenvalue weighted by Gasteiger charge is -2.27. The zero-order valence-corrected chi connectivity index (χ0v) is 16.7. The fraction of sp³-hybridized carbons (Fsp3) is 0.238. The van der Waals surface area contributed by atoms with Crippen LogP contribution in [-0.4, -0.2) is 21.4 Å². The number of thioether (sulfide) groups is 1. The van der Waals surface area contributed by atoms with Gasteiger partial charge in [-0.2, -0.15) is 0 Å². The van der Waals surface area contributed by atoms with Crippen molar-refractivity contribution in [2.75, 3.05) is 6.54 Å². The molecule has 0 amide bonds. The lowest BCUT2D eigenvalue weighted by molar-refractivity contribution is 0.241. The minimum Gasteiger partial charge on any atom is -0.301 e. The Hall–Kier alpha value is -2.15. The lowest BCUT2D eigenvalue weighted by atomic mass is 10.1. The smallest absolute Gasteiger partial charge is 0.256 e. The fourth-order valence-electron chi connectivity index (χ4n) is 3.27. The van der Waals surface area contributed by atoms with Gasteiger partial charge in [0.25, 0.3) is 5.56 Å². The summed E-state index contributed by atoms with van der Waals surface area (Å²) in [7, 11) is 0. The van der Waals surface area contributed by atoms with Gasteiger partial charge in [-0.3, -0.25) is 9.69 Å². The molecule has 1 N–H and O–H groups in total. The molecule has 4 nitrogen and oxygen atoms in total. The number of nitrogens with zero attached hydrogens (tertiary/aromatic N) is 2. The van der Waals surface area contributed by atoms with Crippen LogP contribution in [0.1, 0.15) is 22.4 Å². The van der Waals surface area contributed by atoms with E-state index in [0.717, 1.165) is 35.3 Å². The molecule has 1 aliphatic rings. The third kappa shape index (κ3) is 4.46. The van der Waals surface area contributed by atoms with Crippen LogP contribution in [0.4, 0.5) is 4.39 Å². The van der Waals surface area contributed by atoms with Crippen LogP contribution in [0.3, 0.4) is 0 Å². The van der Waals surface area contributed by atoms with E-state index in [1.54, 1.807) is 12.1 Å². The molecule has 0 spiro atoms. The van der Waals surface area contributed by atoms with Gasteiger partial charge in [0.2, 0.25) is 0 Å². The van der Waals surface area contributed by atoms with E-state index < -0.39 is 0 Å². The Balaban J connectivity index is 1.45. The second kappa shape index (κ2) is 8.47. The molecule has 1 aliphatic heterocycles. The number of aromatic amines is 1. The first kappa shape index (κ1) is 19.2. The second-order valence-electron chi connectivity index (χ2n) is 6.76. The maximum absolute atomic E-state index is 13.1. The molecule has 4 rings (SSSR count). The molecule has 144 valence electrons. The highest BCUT2D eigenvalue weighted by atomic mass is 35.5. The van der Waals surface area contributed by atoms with Crippen molar-refractivity contribution in [3.8, 4) is 0 Å². The molecule has 0 radical (unpaired) electrons. The van der Waals surface area contributed by atoms with E-state index in [-0.39, 0.29) is 11.4 Å². The van der Waals surface area contributed by atoms with Gasteiger partial charge in [-0.05, 0) is 29.3 Å².